The first-order valence-electron chi connectivity index (χ1n) is 9.05. The zero-order valence-corrected chi connectivity index (χ0v) is 15.3. The molecule has 1 saturated heterocycles. The quantitative estimate of drug-likeness (QED) is 0.795. The number of ether oxygens (including phenoxy) is 2. The molecule has 0 bridgehead atoms. The van der Waals surface area contributed by atoms with Crippen LogP contribution in [0.25, 0.3) is 0 Å². The lowest BCUT2D eigenvalue weighted by molar-refractivity contribution is 0.0253. The fraction of sp³-hybridized carbons (Fsp3) is 0.381. The molecular formula is C21H24N2O3. The fourth-order valence-corrected chi connectivity index (χ4v) is 3.63. The topological polar surface area (TPSA) is 42.0 Å². The van der Waals surface area contributed by atoms with Gasteiger partial charge in [-0.2, -0.15) is 0 Å². The molecule has 2 aromatic carbocycles. The molecule has 2 aromatic rings. The maximum Gasteiger partial charge on any atom is 0.339 e. The molecule has 1 unspecified atom stereocenters. The summed E-state index contributed by atoms with van der Waals surface area (Å²) in [6.45, 7) is 4.06. The standard InChI is InChI=1S/C21H24N2O3/c1-22-9-11-23(12-10-22)17-6-3-16-13-20(26-21(24)19(16)14-17)15-4-7-18(25-2)8-5-15/h3-8,14,20H,9-13H2,1-2H3. The smallest absolute Gasteiger partial charge is 0.339 e. The van der Waals surface area contributed by atoms with Gasteiger partial charge in [0.05, 0.1) is 12.7 Å². The number of fused-ring (bicyclic) bond motifs is 1. The number of hydrogen-bond donors (Lipinski definition) is 0. The Bertz CT molecular complexity index is 795. The molecule has 0 aliphatic carbocycles. The minimum atomic E-state index is -0.240. The van der Waals surface area contributed by atoms with E-state index in [1.54, 1.807) is 7.11 Å². The van der Waals surface area contributed by atoms with Crippen LogP contribution in [0, 0.1) is 0 Å². The summed E-state index contributed by atoms with van der Waals surface area (Å²) < 4.78 is 10.9. The van der Waals surface area contributed by atoms with Gasteiger partial charge < -0.3 is 19.3 Å². The van der Waals surface area contributed by atoms with Crippen molar-refractivity contribution < 1.29 is 14.3 Å². The Morgan fingerprint density at radius 3 is 2.46 bits per heavy atom. The van der Waals surface area contributed by atoms with Crippen LogP contribution >= 0.6 is 0 Å². The van der Waals surface area contributed by atoms with Gasteiger partial charge in [-0.25, -0.2) is 4.79 Å². The van der Waals surface area contributed by atoms with Crippen LogP contribution in [0.4, 0.5) is 5.69 Å². The lowest BCUT2D eigenvalue weighted by Gasteiger charge is -2.35. The Labute approximate surface area is 154 Å². The number of benzene rings is 2. The van der Waals surface area contributed by atoms with E-state index in [2.05, 4.69) is 29.0 Å². The van der Waals surface area contributed by atoms with Gasteiger partial charge >= 0.3 is 5.97 Å². The summed E-state index contributed by atoms with van der Waals surface area (Å²) in [6, 6.07) is 13.9. The number of carbonyl (C=O) groups excluding carboxylic acids is 1. The van der Waals surface area contributed by atoms with Crippen LogP contribution in [-0.4, -0.2) is 51.2 Å². The number of rotatable bonds is 3. The van der Waals surface area contributed by atoms with Crippen LogP contribution in [0.2, 0.25) is 0 Å². The predicted octanol–water partition coefficient (Wildman–Crippen LogP) is 2.90. The lowest BCUT2D eigenvalue weighted by Crippen LogP contribution is -2.44. The van der Waals surface area contributed by atoms with E-state index >= 15 is 0 Å². The van der Waals surface area contributed by atoms with Crippen LogP contribution < -0.4 is 9.64 Å². The Morgan fingerprint density at radius 1 is 1.04 bits per heavy atom. The molecule has 26 heavy (non-hydrogen) atoms. The van der Waals surface area contributed by atoms with Gasteiger partial charge in [-0.05, 0) is 42.4 Å². The van der Waals surface area contributed by atoms with Crippen LogP contribution in [-0.2, 0) is 11.2 Å². The highest BCUT2D eigenvalue weighted by atomic mass is 16.5. The van der Waals surface area contributed by atoms with Gasteiger partial charge in [0.2, 0.25) is 0 Å². The highest BCUT2D eigenvalue weighted by Gasteiger charge is 2.28. The van der Waals surface area contributed by atoms with E-state index in [-0.39, 0.29) is 12.1 Å². The van der Waals surface area contributed by atoms with E-state index in [1.165, 1.54) is 0 Å². The Hall–Kier alpha value is -2.53. The highest BCUT2D eigenvalue weighted by Crippen LogP contribution is 2.33. The number of esters is 1. The summed E-state index contributed by atoms with van der Waals surface area (Å²) in [5.74, 6) is 0.566. The summed E-state index contributed by atoms with van der Waals surface area (Å²) >= 11 is 0. The summed E-state index contributed by atoms with van der Waals surface area (Å²) in [5, 5.41) is 0. The molecule has 0 radical (unpaired) electrons. The maximum absolute atomic E-state index is 12.6. The molecule has 1 fully saturated rings. The second kappa shape index (κ2) is 7.00. The van der Waals surface area contributed by atoms with E-state index in [0.29, 0.717) is 12.0 Å². The van der Waals surface area contributed by atoms with Crippen molar-refractivity contribution in [2.24, 2.45) is 0 Å². The van der Waals surface area contributed by atoms with Gasteiger partial charge in [-0.15, -0.1) is 0 Å². The van der Waals surface area contributed by atoms with E-state index < -0.39 is 0 Å². The molecule has 0 amide bonds. The van der Waals surface area contributed by atoms with Gasteiger partial charge in [0, 0.05) is 38.3 Å². The minimum Gasteiger partial charge on any atom is -0.497 e. The van der Waals surface area contributed by atoms with E-state index in [9.17, 15) is 4.79 Å². The van der Waals surface area contributed by atoms with E-state index in [4.69, 9.17) is 9.47 Å². The average molecular weight is 352 g/mol. The molecule has 5 nitrogen and oxygen atoms in total. The third kappa shape index (κ3) is 3.27. The molecule has 0 spiro atoms. The Morgan fingerprint density at radius 2 is 1.77 bits per heavy atom. The number of anilines is 1. The van der Waals surface area contributed by atoms with Crippen LogP contribution in [0.1, 0.15) is 27.6 Å². The van der Waals surface area contributed by atoms with Crippen molar-refractivity contribution in [3.8, 4) is 5.75 Å². The molecule has 5 heteroatoms. The summed E-state index contributed by atoms with van der Waals surface area (Å²) in [5.41, 5.74) is 3.86. The molecule has 2 aliphatic heterocycles. The normalized spacial score (nSPS) is 20.5. The van der Waals surface area contributed by atoms with Gasteiger partial charge in [-0.1, -0.05) is 18.2 Å². The summed E-state index contributed by atoms with van der Waals surface area (Å²) in [7, 11) is 3.78. The average Bonchev–Trinajstić information content (AvgIpc) is 2.68. The zero-order chi connectivity index (χ0) is 18.1. The molecule has 1 atom stereocenters. The molecule has 4 rings (SSSR count). The van der Waals surface area contributed by atoms with Gasteiger partial charge in [0.25, 0.3) is 0 Å². The maximum atomic E-state index is 12.6. The van der Waals surface area contributed by atoms with Crippen molar-refractivity contribution >= 4 is 11.7 Å². The first kappa shape index (κ1) is 16.9. The largest absolute Gasteiger partial charge is 0.497 e. The number of carbonyl (C=O) groups is 1. The Balaban J connectivity index is 1.54. The summed E-state index contributed by atoms with van der Waals surface area (Å²) in [6.07, 6.45) is 0.464. The van der Waals surface area contributed by atoms with Crippen LogP contribution in [0.5, 0.6) is 5.75 Å². The summed E-state index contributed by atoms with van der Waals surface area (Å²) in [4.78, 5) is 17.3. The number of hydrogen-bond acceptors (Lipinski definition) is 5. The van der Waals surface area contributed by atoms with Crippen LogP contribution in [0.3, 0.4) is 0 Å². The van der Waals surface area contributed by atoms with Crippen molar-refractivity contribution in [3.63, 3.8) is 0 Å². The number of cyclic esters (lactones) is 1. The van der Waals surface area contributed by atoms with Crippen molar-refractivity contribution in [1.82, 2.24) is 4.90 Å². The van der Waals surface area contributed by atoms with Crippen LogP contribution in [0.15, 0.2) is 42.5 Å². The van der Waals surface area contributed by atoms with E-state index in [0.717, 1.165) is 48.7 Å². The van der Waals surface area contributed by atoms with Crippen molar-refractivity contribution in [2.75, 3.05) is 45.2 Å². The SMILES string of the molecule is COc1ccc(C2Cc3ccc(N4CCN(C)CC4)cc3C(=O)O2)cc1. The molecular weight excluding hydrogens is 328 g/mol. The monoisotopic (exact) mass is 352 g/mol. The third-order valence-electron chi connectivity index (χ3n) is 5.32. The second-order valence-electron chi connectivity index (χ2n) is 7.00. The highest BCUT2D eigenvalue weighted by molar-refractivity contribution is 5.93. The molecule has 0 aromatic heterocycles. The van der Waals surface area contributed by atoms with E-state index in [1.807, 2.05) is 30.3 Å². The number of nitrogens with zero attached hydrogens (tertiary/aromatic N) is 2. The lowest BCUT2D eigenvalue weighted by atomic mass is 9.94. The number of likely N-dealkylation sites (N-methyl/N-ethyl adjacent to an activating group) is 1. The van der Waals surface area contributed by atoms with Crippen molar-refractivity contribution in [2.45, 2.75) is 12.5 Å². The van der Waals surface area contributed by atoms with Gasteiger partial charge in [-0.3, -0.25) is 0 Å². The van der Waals surface area contributed by atoms with Crippen molar-refractivity contribution in [1.29, 1.82) is 0 Å². The zero-order valence-electron chi connectivity index (χ0n) is 15.3. The predicted molar refractivity (Wildman–Crippen MR) is 101 cm³/mol. The second-order valence-corrected chi connectivity index (χ2v) is 7.00. The molecule has 136 valence electrons. The first-order valence-corrected chi connectivity index (χ1v) is 9.05. The third-order valence-corrected chi connectivity index (χ3v) is 5.32. The molecule has 2 heterocycles. The van der Waals surface area contributed by atoms with Gasteiger partial charge in [0.15, 0.2) is 0 Å². The number of methoxy groups -OCH3 is 1. The van der Waals surface area contributed by atoms with Gasteiger partial charge in [0.1, 0.15) is 11.9 Å². The molecule has 2 aliphatic rings. The molecule has 0 N–H and O–H groups in total. The molecule has 0 saturated carbocycles. The number of piperazine rings is 1. The first-order chi connectivity index (χ1) is 12.6. The fourth-order valence-electron chi connectivity index (χ4n) is 3.63. The van der Waals surface area contributed by atoms with Crippen molar-refractivity contribution in [3.05, 3.63) is 59.2 Å². The minimum absolute atomic E-state index is 0.233. The Kier molecular flexibility index (Phi) is 4.55.